The topological polar surface area (TPSA) is 94.7 Å². The van der Waals surface area contributed by atoms with Crippen LogP contribution in [-0.2, 0) is 19.5 Å². The van der Waals surface area contributed by atoms with Crippen LogP contribution in [0.15, 0.2) is 41.0 Å². The molecule has 0 unspecified atom stereocenters. The van der Waals surface area contributed by atoms with Gasteiger partial charge in [0.15, 0.2) is 11.6 Å². The van der Waals surface area contributed by atoms with Gasteiger partial charge in [0.2, 0.25) is 0 Å². The first kappa shape index (κ1) is 23.8. The number of amides is 1. The van der Waals surface area contributed by atoms with Gasteiger partial charge in [-0.3, -0.25) is 9.69 Å². The van der Waals surface area contributed by atoms with E-state index < -0.39 is 0 Å². The van der Waals surface area contributed by atoms with E-state index in [4.69, 9.17) is 13.9 Å². The molecular weight excluding hydrogens is 434 g/mol. The Labute approximate surface area is 200 Å². The maximum absolute atomic E-state index is 12.7. The van der Waals surface area contributed by atoms with E-state index in [0.29, 0.717) is 18.2 Å². The summed E-state index contributed by atoms with van der Waals surface area (Å²) in [5, 5.41) is 12.1. The molecule has 4 rings (SSSR count). The highest BCUT2D eigenvalue weighted by Crippen LogP contribution is 2.30. The van der Waals surface area contributed by atoms with Gasteiger partial charge in [0.05, 0.1) is 32.1 Å². The number of carbonyl (C=O) groups is 1. The molecule has 0 aliphatic carbocycles. The largest absolute Gasteiger partial charge is 0.496 e. The summed E-state index contributed by atoms with van der Waals surface area (Å²) in [6, 6.07) is 8.97. The maximum atomic E-state index is 12.7. The Kier molecular flexibility index (Phi) is 7.52. The molecule has 0 radical (unpaired) electrons. The standard InChI is InChI=1S/C25H33N5O4/c1-17(2)15-19(26-25(31)22-9-6-14-34-22)24-28-27-23-10-11-29(12-13-30(23)24)16-18-20(32-3)7-5-8-21(18)33-4/h5-9,14,17,19H,10-13,15-16H2,1-4H3,(H,26,31)/t19-/m0/s1. The molecule has 1 aromatic carbocycles. The second kappa shape index (κ2) is 10.7. The first-order chi connectivity index (χ1) is 16.5. The second-order valence-corrected chi connectivity index (χ2v) is 8.93. The van der Waals surface area contributed by atoms with Crippen molar-refractivity contribution >= 4 is 5.91 Å². The smallest absolute Gasteiger partial charge is 0.287 e. The molecule has 34 heavy (non-hydrogen) atoms. The number of aromatic nitrogens is 3. The molecule has 1 atom stereocenters. The zero-order valence-corrected chi connectivity index (χ0v) is 20.3. The predicted molar refractivity (Wildman–Crippen MR) is 127 cm³/mol. The Bertz CT molecular complexity index is 1070. The zero-order valence-electron chi connectivity index (χ0n) is 20.3. The van der Waals surface area contributed by atoms with Gasteiger partial charge in [-0.25, -0.2) is 0 Å². The predicted octanol–water partition coefficient (Wildman–Crippen LogP) is 3.46. The van der Waals surface area contributed by atoms with Crippen LogP contribution in [0.4, 0.5) is 0 Å². The Morgan fingerprint density at radius 3 is 2.50 bits per heavy atom. The molecule has 0 spiro atoms. The fourth-order valence-electron chi connectivity index (χ4n) is 4.45. The molecule has 9 nitrogen and oxygen atoms in total. The molecule has 182 valence electrons. The average Bonchev–Trinajstić information content (AvgIpc) is 3.46. The molecule has 9 heteroatoms. The van der Waals surface area contributed by atoms with E-state index >= 15 is 0 Å². The summed E-state index contributed by atoms with van der Waals surface area (Å²) in [5.41, 5.74) is 1.04. The molecule has 2 aromatic heterocycles. The van der Waals surface area contributed by atoms with Crippen molar-refractivity contribution < 1.29 is 18.7 Å². The van der Waals surface area contributed by atoms with Crippen LogP contribution in [0.1, 0.15) is 54.1 Å². The van der Waals surface area contributed by atoms with Crippen LogP contribution in [0.5, 0.6) is 11.5 Å². The highest BCUT2D eigenvalue weighted by molar-refractivity contribution is 5.91. The number of methoxy groups -OCH3 is 2. The van der Waals surface area contributed by atoms with Gasteiger partial charge in [0, 0.05) is 32.6 Å². The number of nitrogens with zero attached hydrogens (tertiary/aromatic N) is 4. The minimum absolute atomic E-state index is 0.244. The Hall–Kier alpha value is -3.33. The average molecular weight is 468 g/mol. The molecule has 1 aliphatic rings. The fraction of sp³-hybridized carbons (Fsp3) is 0.480. The van der Waals surface area contributed by atoms with Crippen LogP contribution in [0.3, 0.4) is 0 Å². The summed E-state index contributed by atoms with van der Waals surface area (Å²) in [4.78, 5) is 15.1. The summed E-state index contributed by atoms with van der Waals surface area (Å²) in [7, 11) is 3.36. The van der Waals surface area contributed by atoms with Crippen LogP contribution >= 0.6 is 0 Å². The summed E-state index contributed by atoms with van der Waals surface area (Å²) in [6.07, 6.45) is 3.03. The highest BCUT2D eigenvalue weighted by Gasteiger charge is 2.27. The first-order valence-corrected chi connectivity index (χ1v) is 11.7. The van der Waals surface area contributed by atoms with Crippen LogP contribution in [0, 0.1) is 5.92 Å². The first-order valence-electron chi connectivity index (χ1n) is 11.7. The molecule has 0 fully saturated rings. The number of nitrogens with one attached hydrogen (secondary N) is 1. The number of ether oxygens (including phenoxy) is 2. The summed E-state index contributed by atoms with van der Waals surface area (Å²) in [6.45, 7) is 7.38. The molecule has 3 heterocycles. The van der Waals surface area contributed by atoms with Gasteiger partial charge in [0.25, 0.3) is 5.91 Å². The van der Waals surface area contributed by atoms with Crippen LogP contribution in [0.2, 0.25) is 0 Å². The van der Waals surface area contributed by atoms with Crippen molar-refractivity contribution in [3.63, 3.8) is 0 Å². The molecule has 0 saturated carbocycles. The van der Waals surface area contributed by atoms with Crippen LogP contribution in [-0.4, -0.2) is 52.9 Å². The summed E-state index contributed by atoms with van der Waals surface area (Å²) in [5.74, 6) is 3.79. The quantitative estimate of drug-likeness (QED) is 0.515. The van der Waals surface area contributed by atoms with E-state index in [-0.39, 0.29) is 11.9 Å². The number of fused-ring (bicyclic) bond motifs is 1. The Morgan fingerprint density at radius 2 is 1.85 bits per heavy atom. The number of rotatable bonds is 9. The van der Waals surface area contributed by atoms with Crippen molar-refractivity contribution in [3.8, 4) is 11.5 Å². The summed E-state index contributed by atoms with van der Waals surface area (Å²) < 4.78 is 18.6. The third-order valence-corrected chi connectivity index (χ3v) is 6.13. The van der Waals surface area contributed by atoms with Gasteiger partial charge in [-0.05, 0) is 36.6 Å². The Morgan fingerprint density at radius 1 is 1.09 bits per heavy atom. The monoisotopic (exact) mass is 467 g/mol. The molecular formula is C25H33N5O4. The third-order valence-electron chi connectivity index (χ3n) is 6.13. The normalized spacial score (nSPS) is 15.0. The van der Waals surface area contributed by atoms with Crippen molar-refractivity contribution in [1.82, 2.24) is 25.0 Å². The van der Waals surface area contributed by atoms with Gasteiger partial charge in [-0.1, -0.05) is 19.9 Å². The number of hydrogen-bond acceptors (Lipinski definition) is 7. The molecule has 1 N–H and O–H groups in total. The number of benzene rings is 1. The zero-order chi connectivity index (χ0) is 24.1. The van der Waals surface area contributed by atoms with Crippen LogP contribution in [0.25, 0.3) is 0 Å². The highest BCUT2D eigenvalue weighted by atomic mass is 16.5. The second-order valence-electron chi connectivity index (χ2n) is 8.93. The van der Waals surface area contributed by atoms with E-state index in [2.05, 4.69) is 38.8 Å². The van der Waals surface area contributed by atoms with Crippen molar-refractivity contribution in [2.24, 2.45) is 5.92 Å². The van der Waals surface area contributed by atoms with Crippen molar-refractivity contribution in [2.45, 2.75) is 45.8 Å². The van der Waals surface area contributed by atoms with Gasteiger partial charge >= 0.3 is 0 Å². The van der Waals surface area contributed by atoms with E-state index in [0.717, 1.165) is 61.2 Å². The molecule has 0 saturated heterocycles. The van der Waals surface area contributed by atoms with Gasteiger partial charge < -0.3 is 23.8 Å². The summed E-state index contributed by atoms with van der Waals surface area (Å²) >= 11 is 0. The Balaban J connectivity index is 1.52. The minimum Gasteiger partial charge on any atom is -0.496 e. The van der Waals surface area contributed by atoms with E-state index in [9.17, 15) is 4.79 Å². The number of hydrogen-bond donors (Lipinski definition) is 1. The molecule has 1 aliphatic heterocycles. The maximum Gasteiger partial charge on any atom is 0.287 e. The van der Waals surface area contributed by atoms with Gasteiger partial charge in [-0.15, -0.1) is 10.2 Å². The molecule has 3 aromatic rings. The lowest BCUT2D eigenvalue weighted by atomic mass is 10.0. The lowest BCUT2D eigenvalue weighted by molar-refractivity contribution is 0.0900. The van der Waals surface area contributed by atoms with Gasteiger partial charge in [0.1, 0.15) is 17.3 Å². The number of carbonyl (C=O) groups excluding carboxylic acids is 1. The fourth-order valence-corrected chi connectivity index (χ4v) is 4.45. The molecule has 1 amide bonds. The lowest BCUT2D eigenvalue weighted by Crippen LogP contribution is -2.32. The lowest BCUT2D eigenvalue weighted by Gasteiger charge is -2.23. The van der Waals surface area contributed by atoms with Crippen molar-refractivity contribution in [3.05, 3.63) is 59.6 Å². The molecule has 0 bridgehead atoms. The SMILES string of the molecule is COc1cccc(OC)c1CN1CCc2nnc([C@H](CC(C)C)NC(=O)c3ccco3)n2CC1. The van der Waals surface area contributed by atoms with E-state index in [1.165, 1.54) is 6.26 Å². The number of furan rings is 1. The van der Waals surface area contributed by atoms with Gasteiger partial charge in [-0.2, -0.15) is 0 Å². The van der Waals surface area contributed by atoms with E-state index in [1.807, 2.05) is 18.2 Å². The van der Waals surface area contributed by atoms with E-state index in [1.54, 1.807) is 26.4 Å². The third kappa shape index (κ3) is 5.25. The van der Waals surface area contributed by atoms with Crippen molar-refractivity contribution in [2.75, 3.05) is 27.3 Å². The minimum atomic E-state index is -0.250. The van der Waals surface area contributed by atoms with Crippen molar-refractivity contribution in [1.29, 1.82) is 0 Å². The van der Waals surface area contributed by atoms with Crippen LogP contribution < -0.4 is 14.8 Å².